The fourth-order valence-electron chi connectivity index (χ4n) is 2.87. The number of hydrogen-bond acceptors (Lipinski definition) is 3. The number of anilines is 2. The SMILES string of the molecule is Cc1cc(Nc2ccc(F)cc2)n2c(nc3ccccc32)c1C#N. The number of nitrogens with one attached hydrogen (secondary N) is 1. The molecule has 0 aliphatic rings. The van der Waals surface area contributed by atoms with Crippen molar-refractivity contribution in [3.05, 3.63) is 71.5 Å². The van der Waals surface area contributed by atoms with Gasteiger partial charge in [0.1, 0.15) is 17.7 Å². The fraction of sp³-hybridized carbons (Fsp3) is 0.0526. The molecular weight excluding hydrogens is 303 g/mol. The van der Waals surface area contributed by atoms with Crippen LogP contribution in [0.4, 0.5) is 15.9 Å². The van der Waals surface area contributed by atoms with E-state index in [0.717, 1.165) is 28.1 Å². The van der Waals surface area contributed by atoms with Gasteiger partial charge in [-0.05, 0) is 55.0 Å². The topological polar surface area (TPSA) is 53.1 Å². The van der Waals surface area contributed by atoms with Crippen molar-refractivity contribution in [1.82, 2.24) is 9.38 Å². The van der Waals surface area contributed by atoms with Crippen molar-refractivity contribution in [1.29, 1.82) is 5.26 Å². The molecule has 24 heavy (non-hydrogen) atoms. The second-order valence-corrected chi connectivity index (χ2v) is 5.59. The molecule has 0 spiro atoms. The van der Waals surface area contributed by atoms with Gasteiger partial charge >= 0.3 is 0 Å². The molecule has 0 amide bonds. The highest BCUT2D eigenvalue weighted by atomic mass is 19.1. The molecule has 5 heteroatoms. The molecule has 4 nitrogen and oxygen atoms in total. The van der Waals surface area contributed by atoms with Crippen LogP contribution in [0.1, 0.15) is 11.1 Å². The first-order valence-corrected chi connectivity index (χ1v) is 7.51. The number of pyridine rings is 1. The third-order valence-corrected chi connectivity index (χ3v) is 4.00. The van der Waals surface area contributed by atoms with E-state index in [1.54, 1.807) is 12.1 Å². The highest BCUT2D eigenvalue weighted by molar-refractivity contribution is 5.85. The number of halogens is 1. The third kappa shape index (κ3) is 2.17. The molecule has 0 aliphatic carbocycles. The summed E-state index contributed by atoms with van der Waals surface area (Å²) >= 11 is 0. The first kappa shape index (κ1) is 14.2. The minimum Gasteiger partial charge on any atom is -0.341 e. The monoisotopic (exact) mass is 316 g/mol. The van der Waals surface area contributed by atoms with Gasteiger partial charge in [-0.3, -0.25) is 4.40 Å². The van der Waals surface area contributed by atoms with E-state index in [2.05, 4.69) is 16.4 Å². The maximum atomic E-state index is 13.1. The van der Waals surface area contributed by atoms with Crippen molar-refractivity contribution in [3.8, 4) is 6.07 Å². The van der Waals surface area contributed by atoms with Crippen molar-refractivity contribution in [3.63, 3.8) is 0 Å². The van der Waals surface area contributed by atoms with Crippen LogP contribution in [-0.2, 0) is 0 Å². The fourth-order valence-corrected chi connectivity index (χ4v) is 2.87. The Bertz CT molecular complexity index is 1100. The summed E-state index contributed by atoms with van der Waals surface area (Å²) in [7, 11) is 0. The lowest BCUT2D eigenvalue weighted by atomic mass is 10.1. The molecule has 2 aromatic carbocycles. The van der Waals surface area contributed by atoms with E-state index in [1.165, 1.54) is 12.1 Å². The minimum atomic E-state index is -0.283. The standard InChI is InChI=1S/C19H13FN4/c1-12-10-18(22-14-8-6-13(20)7-9-14)24-17-5-3-2-4-16(17)23-19(24)15(12)11-21/h2-10,22H,1H3. The zero-order valence-corrected chi connectivity index (χ0v) is 12.9. The minimum absolute atomic E-state index is 0.283. The zero-order chi connectivity index (χ0) is 16.7. The predicted molar refractivity (Wildman–Crippen MR) is 91.8 cm³/mol. The number of para-hydroxylation sites is 2. The molecule has 0 saturated heterocycles. The van der Waals surface area contributed by atoms with Crippen LogP contribution in [0.5, 0.6) is 0 Å². The molecule has 0 unspecified atom stereocenters. The molecule has 4 rings (SSSR count). The van der Waals surface area contributed by atoms with Crippen LogP contribution in [0.25, 0.3) is 16.7 Å². The number of aromatic nitrogens is 2. The molecule has 0 aliphatic heterocycles. The second-order valence-electron chi connectivity index (χ2n) is 5.59. The normalized spacial score (nSPS) is 10.9. The Hall–Kier alpha value is -3.39. The van der Waals surface area contributed by atoms with Gasteiger partial charge in [0.05, 0.1) is 16.6 Å². The maximum Gasteiger partial charge on any atom is 0.157 e. The third-order valence-electron chi connectivity index (χ3n) is 4.00. The van der Waals surface area contributed by atoms with E-state index in [1.807, 2.05) is 41.7 Å². The molecule has 0 saturated carbocycles. The summed E-state index contributed by atoms with van der Waals surface area (Å²) in [5, 5.41) is 12.8. The van der Waals surface area contributed by atoms with Crippen LogP contribution in [0.3, 0.4) is 0 Å². The number of benzene rings is 2. The largest absolute Gasteiger partial charge is 0.341 e. The number of rotatable bonds is 2. The van der Waals surface area contributed by atoms with Crippen LogP contribution in [0.15, 0.2) is 54.6 Å². The average molecular weight is 316 g/mol. The summed E-state index contributed by atoms with van der Waals surface area (Å²) in [4.78, 5) is 4.60. The summed E-state index contributed by atoms with van der Waals surface area (Å²) in [6.07, 6.45) is 0. The maximum absolute atomic E-state index is 13.1. The van der Waals surface area contributed by atoms with Crippen LogP contribution in [-0.4, -0.2) is 9.38 Å². The lowest BCUT2D eigenvalue weighted by Gasteiger charge is -2.12. The van der Waals surface area contributed by atoms with Crippen molar-refractivity contribution in [2.45, 2.75) is 6.92 Å². The molecule has 0 atom stereocenters. The van der Waals surface area contributed by atoms with Crippen molar-refractivity contribution in [2.75, 3.05) is 5.32 Å². The van der Waals surface area contributed by atoms with Gasteiger partial charge in [-0.1, -0.05) is 12.1 Å². The van der Waals surface area contributed by atoms with E-state index < -0.39 is 0 Å². The molecule has 0 bridgehead atoms. The zero-order valence-electron chi connectivity index (χ0n) is 12.9. The number of aryl methyl sites for hydroxylation is 1. The van der Waals surface area contributed by atoms with E-state index in [0.29, 0.717) is 11.2 Å². The van der Waals surface area contributed by atoms with Gasteiger partial charge in [0.2, 0.25) is 0 Å². The Morgan fingerprint density at radius 3 is 2.62 bits per heavy atom. The van der Waals surface area contributed by atoms with Crippen LogP contribution >= 0.6 is 0 Å². The molecule has 0 fully saturated rings. The number of nitriles is 1. The predicted octanol–water partition coefficient (Wildman–Crippen LogP) is 4.55. The van der Waals surface area contributed by atoms with Gasteiger partial charge in [-0.15, -0.1) is 0 Å². The van der Waals surface area contributed by atoms with Gasteiger partial charge < -0.3 is 5.32 Å². The molecule has 4 aromatic rings. The van der Waals surface area contributed by atoms with Gasteiger partial charge in [0.15, 0.2) is 5.65 Å². The highest BCUT2D eigenvalue weighted by Crippen LogP contribution is 2.28. The molecule has 0 radical (unpaired) electrons. The van der Waals surface area contributed by atoms with E-state index >= 15 is 0 Å². The van der Waals surface area contributed by atoms with Gasteiger partial charge in [-0.25, -0.2) is 9.37 Å². The highest BCUT2D eigenvalue weighted by Gasteiger charge is 2.15. The second kappa shape index (κ2) is 5.36. The molecule has 1 N–H and O–H groups in total. The number of hydrogen-bond donors (Lipinski definition) is 1. The average Bonchev–Trinajstić information content (AvgIpc) is 2.96. The Morgan fingerprint density at radius 2 is 1.88 bits per heavy atom. The Morgan fingerprint density at radius 1 is 1.12 bits per heavy atom. The lowest BCUT2D eigenvalue weighted by Crippen LogP contribution is -2.02. The van der Waals surface area contributed by atoms with E-state index in [4.69, 9.17) is 0 Å². The Kier molecular flexibility index (Phi) is 3.17. The number of imidazole rings is 1. The van der Waals surface area contributed by atoms with E-state index in [-0.39, 0.29) is 5.82 Å². The Labute approximate surface area is 137 Å². The molecular formula is C19H13FN4. The molecule has 2 heterocycles. The summed E-state index contributed by atoms with van der Waals surface area (Å²) < 4.78 is 15.0. The molecule has 116 valence electrons. The molecule has 2 aromatic heterocycles. The summed E-state index contributed by atoms with van der Waals surface area (Å²) in [6, 6.07) is 18.0. The van der Waals surface area contributed by atoms with E-state index in [9.17, 15) is 9.65 Å². The lowest BCUT2D eigenvalue weighted by molar-refractivity contribution is 0.628. The summed E-state index contributed by atoms with van der Waals surface area (Å²) in [5.74, 6) is 0.497. The smallest absolute Gasteiger partial charge is 0.157 e. The quantitative estimate of drug-likeness (QED) is 0.590. The first-order valence-electron chi connectivity index (χ1n) is 7.51. The van der Waals surface area contributed by atoms with Crippen LogP contribution < -0.4 is 5.32 Å². The van der Waals surface area contributed by atoms with Crippen LogP contribution in [0.2, 0.25) is 0 Å². The number of nitrogens with zero attached hydrogens (tertiary/aromatic N) is 3. The summed E-state index contributed by atoms with van der Waals surface area (Å²) in [6.45, 7) is 1.88. The van der Waals surface area contributed by atoms with Gasteiger partial charge in [0, 0.05) is 5.69 Å². The Balaban J connectivity index is 2.01. The van der Waals surface area contributed by atoms with Gasteiger partial charge in [0.25, 0.3) is 0 Å². The van der Waals surface area contributed by atoms with Gasteiger partial charge in [-0.2, -0.15) is 5.26 Å². The summed E-state index contributed by atoms with van der Waals surface area (Å²) in [5.41, 5.74) is 4.50. The van der Waals surface area contributed by atoms with Crippen LogP contribution in [0, 0.1) is 24.1 Å². The van der Waals surface area contributed by atoms with Crippen molar-refractivity contribution >= 4 is 28.2 Å². The number of fused-ring (bicyclic) bond motifs is 3. The van der Waals surface area contributed by atoms with Crippen molar-refractivity contribution in [2.24, 2.45) is 0 Å². The first-order chi connectivity index (χ1) is 11.7. The van der Waals surface area contributed by atoms with Crippen molar-refractivity contribution < 1.29 is 4.39 Å².